The van der Waals surface area contributed by atoms with Crippen molar-refractivity contribution in [1.82, 2.24) is 16.0 Å². The minimum Gasteiger partial charge on any atom is -0.480 e. The Morgan fingerprint density at radius 3 is 1.74 bits per heavy atom. The molecule has 0 saturated carbocycles. The van der Waals surface area contributed by atoms with Gasteiger partial charge in [0.2, 0.25) is 23.6 Å². The van der Waals surface area contributed by atoms with Crippen molar-refractivity contribution in [2.45, 2.75) is 71.1 Å². The molecule has 178 valence electrons. The lowest BCUT2D eigenvalue weighted by atomic mass is 9.98. The number of nitrogens with two attached hydrogens (primary N) is 2. The van der Waals surface area contributed by atoms with Crippen molar-refractivity contribution in [3.05, 3.63) is 0 Å². The molecule has 12 heteroatoms. The first-order valence-corrected chi connectivity index (χ1v) is 10.2. The van der Waals surface area contributed by atoms with Crippen molar-refractivity contribution in [3.8, 4) is 0 Å². The van der Waals surface area contributed by atoms with E-state index in [2.05, 4.69) is 16.0 Å². The van der Waals surface area contributed by atoms with Crippen LogP contribution in [-0.2, 0) is 24.0 Å². The lowest BCUT2D eigenvalue weighted by Gasteiger charge is -2.26. The first-order valence-electron chi connectivity index (χ1n) is 10.2. The summed E-state index contributed by atoms with van der Waals surface area (Å²) >= 11 is 0. The highest BCUT2D eigenvalue weighted by Crippen LogP contribution is 2.09. The molecule has 12 nitrogen and oxygen atoms in total. The smallest absolute Gasteiger partial charge is 0.326 e. The molecule has 0 heterocycles. The van der Waals surface area contributed by atoms with Crippen LogP contribution in [0.25, 0.3) is 0 Å². The van der Waals surface area contributed by atoms with Crippen LogP contribution < -0.4 is 27.4 Å². The predicted molar refractivity (Wildman–Crippen MR) is 111 cm³/mol. The summed E-state index contributed by atoms with van der Waals surface area (Å²) in [7, 11) is 0. The first-order chi connectivity index (χ1) is 14.4. The minimum atomic E-state index is -1.50. The molecular weight excluding hydrogens is 410 g/mol. The van der Waals surface area contributed by atoms with Crippen LogP contribution in [0.15, 0.2) is 0 Å². The molecule has 0 rings (SSSR count). The summed E-state index contributed by atoms with van der Waals surface area (Å²) in [5, 5.41) is 25.6. The van der Waals surface area contributed by atoms with Gasteiger partial charge in [0.15, 0.2) is 0 Å². The van der Waals surface area contributed by atoms with Gasteiger partial charge < -0.3 is 37.6 Å². The van der Waals surface area contributed by atoms with Gasteiger partial charge in [0, 0.05) is 0 Å². The molecule has 6 atom stereocenters. The minimum absolute atomic E-state index is 0.177. The Kier molecular flexibility index (Phi) is 12.4. The third-order valence-corrected chi connectivity index (χ3v) is 5.19. The second-order valence-electron chi connectivity index (χ2n) is 7.60. The average Bonchev–Trinajstić information content (AvgIpc) is 2.72. The maximum absolute atomic E-state index is 12.6. The molecule has 31 heavy (non-hydrogen) atoms. The molecule has 0 aromatic heterocycles. The number of carbonyl (C=O) groups is 5. The van der Waals surface area contributed by atoms with Crippen LogP contribution in [0, 0.1) is 11.8 Å². The van der Waals surface area contributed by atoms with E-state index in [1.54, 1.807) is 20.8 Å². The standard InChI is InChI=1S/C19H35N5O7/c1-5-9(3)14(21)18(29)23-12(8-25)17(28)22-11(7-13(20)26)16(27)24-15(19(30)31)10(4)6-2/h9-12,14-15,25H,5-8,21H2,1-4H3,(H2,20,26)(H,22,28)(H,23,29)(H,24,27)(H,30,31). The van der Waals surface area contributed by atoms with Gasteiger partial charge in [0.25, 0.3) is 0 Å². The summed E-state index contributed by atoms with van der Waals surface area (Å²) in [5.74, 6) is -5.34. The molecule has 0 aromatic carbocycles. The fourth-order valence-electron chi connectivity index (χ4n) is 2.59. The molecule has 0 aliphatic rings. The van der Waals surface area contributed by atoms with Gasteiger partial charge >= 0.3 is 5.97 Å². The highest BCUT2D eigenvalue weighted by molar-refractivity contribution is 5.96. The number of aliphatic carboxylic acids is 1. The van der Waals surface area contributed by atoms with E-state index in [0.717, 1.165) is 0 Å². The molecule has 0 spiro atoms. The topological polar surface area (TPSA) is 214 Å². The third kappa shape index (κ3) is 9.30. The molecular formula is C19H35N5O7. The number of hydrogen-bond acceptors (Lipinski definition) is 7. The molecule has 4 amide bonds. The van der Waals surface area contributed by atoms with Crippen molar-refractivity contribution >= 4 is 29.6 Å². The van der Waals surface area contributed by atoms with Gasteiger partial charge in [0.1, 0.15) is 18.1 Å². The molecule has 9 N–H and O–H groups in total. The molecule has 0 saturated heterocycles. The number of carboxylic acids is 1. The Morgan fingerprint density at radius 1 is 0.839 bits per heavy atom. The Labute approximate surface area is 181 Å². The second kappa shape index (κ2) is 13.5. The number of aliphatic hydroxyl groups excluding tert-OH is 1. The van der Waals surface area contributed by atoms with Crippen molar-refractivity contribution in [2.24, 2.45) is 23.3 Å². The van der Waals surface area contributed by atoms with E-state index in [-0.39, 0.29) is 5.92 Å². The second-order valence-corrected chi connectivity index (χ2v) is 7.60. The Balaban J connectivity index is 5.37. The zero-order valence-corrected chi connectivity index (χ0v) is 18.4. The molecule has 0 aliphatic heterocycles. The van der Waals surface area contributed by atoms with Crippen LogP contribution in [0.4, 0.5) is 0 Å². The van der Waals surface area contributed by atoms with E-state index >= 15 is 0 Å². The van der Waals surface area contributed by atoms with E-state index in [1.165, 1.54) is 0 Å². The van der Waals surface area contributed by atoms with Crippen molar-refractivity contribution < 1.29 is 34.2 Å². The summed E-state index contributed by atoms with van der Waals surface area (Å²) in [5.41, 5.74) is 10.9. The fourth-order valence-corrected chi connectivity index (χ4v) is 2.59. The maximum Gasteiger partial charge on any atom is 0.326 e. The van der Waals surface area contributed by atoms with Gasteiger partial charge in [-0.2, -0.15) is 0 Å². The maximum atomic E-state index is 12.6. The lowest BCUT2D eigenvalue weighted by molar-refractivity contribution is -0.144. The zero-order valence-electron chi connectivity index (χ0n) is 18.4. The summed E-state index contributed by atoms with van der Waals surface area (Å²) in [6.07, 6.45) is 0.467. The van der Waals surface area contributed by atoms with E-state index in [0.29, 0.717) is 12.8 Å². The third-order valence-electron chi connectivity index (χ3n) is 5.19. The highest BCUT2D eigenvalue weighted by Gasteiger charge is 2.32. The molecule has 6 unspecified atom stereocenters. The highest BCUT2D eigenvalue weighted by atomic mass is 16.4. The van der Waals surface area contributed by atoms with Crippen LogP contribution in [0.3, 0.4) is 0 Å². The Bertz CT molecular complexity index is 658. The van der Waals surface area contributed by atoms with Crippen LogP contribution in [0.5, 0.6) is 0 Å². The summed E-state index contributed by atoms with van der Waals surface area (Å²) in [6.45, 7) is 6.17. The van der Waals surface area contributed by atoms with Gasteiger partial charge in [-0.3, -0.25) is 19.2 Å². The Morgan fingerprint density at radius 2 is 1.32 bits per heavy atom. The quantitative estimate of drug-likeness (QED) is 0.155. The number of rotatable bonds is 14. The summed E-state index contributed by atoms with van der Waals surface area (Å²) in [4.78, 5) is 60.0. The molecule has 0 radical (unpaired) electrons. The Hall–Kier alpha value is -2.73. The van der Waals surface area contributed by atoms with E-state index in [1.807, 2.05) is 6.92 Å². The van der Waals surface area contributed by atoms with E-state index in [9.17, 15) is 34.2 Å². The zero-order chi connectivity index (χ0) is 24.3. The monoisotopic (exact) mass is 445 g/mol. The largest absolute Gasteiger partial charge is 0.480 e. The van der Waals surface area contributed by atoms with Crippen molar-refractivity contribution in [2.75, 3.05) is 6.61 Å². The average molecular weight is 446 g/mol. The SMILES string of the molecule is CCC(C)C(N)C(=O)NC(CO)C(=O)NC(CC(N)=O)C(=O)NC(C(=O)O)C(C)CC. The molecule has 0 fully saturated rings. The van der Waals surface area contributed by atoms with Crippen LogP contribution in [-0.4, -0.2) is 70.6 Å². The van der Waals surface area contributed by atoms with Gasteiger partial charge in [-0.25, -0.2) is 4.79 Å². The number of hydrogen-bond donors (Lipinski definition) is 7. The van der Waals surface area contributed by atoms with Crippen molar-refractivity contribution in [3.63, 3.8) is 0 Å². The molecule has 0 aromatic rings. The van der Waals surface area contributed by atoms with Crippen molar-refractivity contribution in [1.29, 1.82) is 0 Å². The number of primary amides is 1. The summed E-state index contributed by atoms with van der Waals surface area (Å²) in [6, 6.07) is -5.09. The van der Waals surface area contributed by atoms with Crippen LogP contribution >= 0.6 is 0 Å². The number of aliphatic hydroxyl groups is 1. The lowest BCUT2D eigenvalue weighted by Crippen LogP contribution is -2.59. The number of carboxylic acid groups (broad SMARTS) is 1. The normalized spacial score (nSPS) is 16.7. The molecule has 0 aliphatic carbocycles. The van der Waals surface area contributed by atoms with Crippen LogP contribution in [0.2, 0.25) is 0 Å². The first kappa shape index (κ1) is 28.3. The van der Waals surface area contributed by atoms with Gasteiger partial charge in [-0.15, -0.1) is 0 Å². The fraction of sp³-hybridized carbons (Fsp3) is 0.737. The number of amides is 4. The van der Waals surface area contributed by atoms with Gasteiger partial charge in [-0.1, -0.05) is 40.5 Å². The number of nitrogens with one attached hydrogen (secondary N) is 3. The molecule has 0 bridgehead atoms. The van der Waals surface area contributed by atoms with Gasteiger partial charge in [-0.05, 0) is 11.8 Å². The van der Waals surface area contributed by atoms with E-state index < -0.39 is 72.7 Å². The van der Waals surface area contributed by atoms with E-state index in [4.69, 9.17) is 11.5 Å². The summed E-state index contributed by atoms with van der Waals surface area (Å²) < 4.78 is 0. The number of carbonyl (C=O) groups excluding carboxylic acids is 4. The predicted octanol–water partition coefficient (Wildman–Crippen LogP) is -2.19. The van der Waals surface area contributed by atoms with Gasteiger partial charge in [0.05, 0.1) is 19.1 Å². The van der Waals surface area contributed by atoms with Crippen LogP contribution in [0.1, 0.15) is 47.0 Å².